The van der Waals surface area contributed by atoms with Gasteiger partial charge in [0.15, 0.2) is 0 Å². The number of rotatable bonds is 5. The predicted octanol–water partition coefficient (Wildman–Crippen LogP) is 4.64. The third-order valence-electron chi connectivity index (χ3n) is 3.43. The van der Waals surface area contributed by atoms with E-state index in [1.54, 1.807) is 60.7 Å². The fourth-order valence-electron chi connectivity index (χ4n) is 2.25. The lowest BCUT2D eigenvalue weighted by Crippen LogP contribution is -2.01. The van der Waals surface area contributed by atoms with Gasteiger partial charge in [-0.15, -0.1) is 0 Å². The summed E-state index contributed by atoms with van der Waals surface area (Å²) in [5.41, 5.74) is 0.499. The van der Waals surface area contributed by atoms with E-state index in [-0.39, 0.29) is 9.79 Å². The summed E-state index contributed by atoms with van der Waals surface area (Å²) in [6.07, 6.45) is 1.53. The molecule has 3 aromatic carbocycles. The maximum atomic E-state index is 12.7. The van der Waals surface area contributed by atoms with Crippen LogP contribution in [0.25, 0.3) is 0 Å². The Balaban J connectivity index is 1.97. The average molecular weight is 367 g/mol. The molecule has 0 atom stereocenters. The topological polar surface area (TPSA) is 63.6 Å². The van der Waals surface area contributed by atoms with E-state index in [4.69, 9.17) is 0 Å². The van der Waals surface area contributed by atoms with Crippen LogP contribution in [0.2, 0.25) is 0 Å². The molecule has 4 nitrogen and oxygen atoms in total. The van der Waals surface area contributed by atoms with Crippen LogP contribution in [-0.4, -0.2) is 14.5 Å². The molecule has 0 aliphatic heterocycles. The second-order valence-electron chi connectivity index (χ2n) is 5.06. The van der Waals surface area contributed by atoms with Crippen LogP contribution in [0.3, 0.4) is 0 Å². The van der Waals surface area contributed by atoms with Gasteiger partial charge in [-0.3, -0.25) is 0 Å². The van der Waals surface area contributed by atoms with Crippen LogP contribution in [0.15, 0.2) is 103 Å². The maximum absolute atomic E-state index is 12.7. The number of sulfone groups is 1. The van der Waals surface area contributed by atoms with Crippen molar-refractivity contribution in [2.75, 3.05) is 0 Å². The Morgan fingerprint density at radius 1 is 0.800 bits per heavy atom. The lowest BCUT2D eigenvalue weighted by atomic mass is 10.3. The first-order valence-corrected chi connectivity index (χ1v) is 9.66. The molecule has 0 fully saturated rings. The van der Waals surface area contributed by atoms with Gasteiger partial charge >= 0.3 is 0 Å². The van der Waals surface area contributed by atoms with Crippen LogP contribution in [-0.2, 0) is 14.6 Å². The highest BCUT2D eigenvalue weighted by molar-refractivity contribution is 7.99. The predicted molar refractivity (Wildman–Crippen MR) is 96.7 cm³/mol. The first kappa shape index (κ1) is 17.2. The normalized spacial score (nSPS) is 10.9. The average Bonchev–Trinajstić information content (AvgIpc) is 2.64. The van der Waals surface area contributed by atoms with Gasteiger partial charge in [0.25, 0.3) is 0 Å². The molecular weight excluding hydrogens is 354 g/mol. The molecule has 25 heavy (non-hydrogen) atoms. The van der Waals surface area contributed by atoms with Crippen molar-refractivity contribution in [3.05, 3.63) is 78.9 Å². The monoisotopic (exact) mass is 367 g/mol. The summed E-state index contributed by atoms with van der Waals surface area (Å²) in [6.45, 7) is 0. The minimum atomic E-state index is -3.57. The van der Waals surface area contributed by atoms with Crippen molar-refractivity contribution in [3.8, 4) is 0 Å². The molecule has 6 heteroatoms. The summed E-state index contributed by atoms with van der Waals surface area (Å²) < 4.78 is 25.5. The third-order valence-corrected chi connectivity index (χ3v) is 6.25. The molecule has 0 aliphatic rings. The SMILES string of the molecule is O=C=Nc1ccccc1Sc1cccc(S(=O)(=O)c2ccccc2)c1. The first-order chi connectivity index (χ1) is 12.1. The Kier molecular flexibility index (Phi) is 5.14. The molecule has 0 heterocycles. The minimum Gasteiger partial charge on any atom is -0.219 e. The number of benzene rings is 3. The number of carbonyl (C=O) groups excluding carboxylic acids is 1. The highest BCUT2D eigenvalue weighted by Crippen LogP contribution is 2.36. The number of isocyanates is 1. The Hall–Kier alpha value is -2.66. The molecule has 0 bridgehead atoms. The molecule has 0 spiro atoms. The van der Waals surface area contributed by atoms with E-state index in [2.05, 4.69) is 4.99 Å². The maximum Gasteiger partial charge on any atom is 0.240 e. The zero-order valence-corrected chi connectivity index (χ0v) is 14.6. The van der Waals surface area contributed by atoms with Crippen molar-refractivity contribution in [2.24, 2.45) is 4.99 Å². The molecule has 0 N–H and O–H groups in total. The van der Waals surface area contributed by atoms with Crippen LogP contribution in [0, 0.1) is 0 Å². The van der Waals surface area contributed by atoms with Crippen molar-refractivity contribution < 1.29 is 13.2 Å². The third kappa shape index (κ3) is 3.88. The quantitative estimate of drug-likeness (QED) is 0.487. The van der Waals surface area contributed by atoms with Crippen molar-refractivity contribution in [3.63, 3.8) is 0 Å². The van der Waals surface area contributed by atoms with Crippen LogP contribution in [0.5, 0.6) is 0 Å². The van der Waals surface area contributed by atoms with Crippen LogP contribution in [0.1, 0.15) is 0 Å². The van der Waals surface area contributed by atoms with Gasteiger partial charge in [0, 0.05) is 9.79 Å². The number of hydrogen-bond acceptors (Lipinski definition) is 5. The second kappa shape index (κ2) is 7.49. The Morgan fingerprint density at radius 3 is 2.24 bits per heavy atom. The largest absolute Gasteiger partial charge is 0.240 e. The van der Waals surface area contributed by atoms with Gasteiger partial charge in [-0.05, 0) is 42.5 Å². The van der Waals surface area contributed by atoms with E-state index in [9.17, 15) is 13.2 Å². The van der Waals surface area contributed by atoms with Gasteiger partial charge in [0.1, 0.15) is 0 Å². The van der Waals surface area contributed by atoms with Crippen molar-refractivity contribution >= 4 is 33.4 Å². The molecule has 124 valence electrons. The van der Waals surface area contributed by atoms with Gasteiger partial charge in [0.2, 0.25) is 15.9 Å². The molecular formula is C19H13NO3S2. The molecule has 0 aliphatic carbocycles. The second-order valence-corrected chi connectivity index (χ2v) is 8.13. The van der Waals surface area contributed by atoms with E-state index in [0.29, 0.717) is 5.69 Å². The summed E-state index contributed by atoms with van der Waals surface area (Å²) in [5.74, 6) is 0. The lowest BCUT2D eigenvalue weighted by Gasteiger charge is -2.08. The number of nitrogens with zero attached hydrogens (tertiary/aromatic N) is 1. The molecule has 0 aromatic heterocycles. The van der Waals surface area contributed by atoms with Gasteiger partial charge in [-0.25, -0.2) is 13.2 Å². The van der Waals surface area contributed by atoms with E-state index >= 15 is 0 Å². The van der Waals surface area contributed by atoms with Gasteiger partial charge in [-0.1, -0.05) is 48.2 Å². The Bertz CT molecular complexity index is 1040. The van der Waals surface area contributed by atoms with Gasteiger partial charge in [-0.2, -0.15) is 4.99 Å². The van der Waals surface area contributed by atoms with Crippen LogP contribution < -0.4 is 0 Å². The van der Waals surface area contributed by atoms with E-state index < -0.39 is 9.84 Å². The Labute approximate surface area is 150 Å². The number of para-hydroxylation sites is 1. The summed E-state index contributed by atoms with van der Waals surface area (Å²) in [7, 11) is -3.57. The van der Waals surface area contributed by atoms with E-state index in [0.717, 1.165) is 9.79 Å². The molecule has 3 rings (SSSR count). The van der Waals surface area contributed by atoms with Crippen LogP contribution in [0.4, 0.5) is 5.69 Å². The Morgan fingerprint density at radius 2 is 1.48 bits per heavy atom. The van der Waals surface area contributed by atoms with Gasteiger partial charge in [0.05, 0.1) is 15.5 Å². The molecule has 0 saturated heterocycles. The fourth-order valence-corrected chi connectivity index (χ4v) is 4.61. The van der Waals surface area contributed by atoms with E-state index in [1.165, 1.54) is 17.8 Å². The zero-order chi connectivity index (χ0) is 17.7. The van der Waals surface area contributed by atoms with Crippen molar-refractivity contribution in [1.82, 2.24) is 0 Å². The standard InChI is InChI=1S/C19H13NO3S2/c21-14-20-18-11-4-5-12-19(18)24-15-7-6-10-17(13-15)25(22,23)16-8-2-1-3-9-16/h1-13H. The van der Waals surface area contributed by atoms with Crippen molar-refractivity contribution in [2.45, 2.75) is 19.6 Å². The highest BCUT2D eigenvalue weighted by atomic mass is 32.2. The lowest BCUT2D eigenvalue weighted by molar-refractivity contribution is 0.565. The fraction of sp³-hybridized carbons (Fsp3) is 0. The van der Waals surface area contributed by atoms with E-state index in [1.807, 2.05) is 18.2 Å². The van der Waals surface area contributed by atoms with Gasteiger partial charge < -0.3 is 0 Å². The molecule has 0 amide bonds. The molecule has 0 radical (unpaired) electrons. The molecule has 0 unspecified atom stereocenters. The number of hydrogen-bond donors (Lipinski definition) is 0. The summed E-state index contributed by atoms with van der Waals surface area (Å²) in [6, 6.07) is 22.1. The molecule has 0 saturated carbocycles. The van der Waals surface area contributed by atoms with Crippen LogP contribution >= 0.6 is 11.8 Å². The zero-order valence-electron chi connectivity index (χ0n) is 13.0. The summed E-state index contributed by atoms with van der Waals surface area (Å²) >= 11 is 1.34. The molecule has 3 aromatic rings. The van der Waals surface area contributed by atoms with Crippen molar-refractivity contribution in [1.29, 1.82) is 0 Å². The smallest absolute Gasteiger partial charge is 0.219 e. The minimum absolute atomic E-state index is 0.222. The first-order valence-electron chi connectivity index (χ1n) is 7.36. The summed E-state index contributed by atoms with van der Waals surface area (Å²) in [5, 5.41) is 0. The summed E-state index contributed by atoms with van der Waals surface area (Å²) in [4.78, 5) is 16.2. The highest BCUT2D eigenvalue weighted by Gasteiger charge is 2.17. The number of aliphatic imine (C=N–C) groups is 1.